The summed E-state index contributed by atoms with van der Waals surface area (Å²) in [6.07, 6.45) is 1.14. The van der Waals surface area contributed by atoms with E-state index in [4.69, 9.17) is 4.74 Å². The van der Waals surface area contributed by atoms with Crippen LogP contribution in [0.2, 0.25) is 0 Å². The molecule has 3 aromatic rings. The van der Waals surface area contributed by atoms with Crippen LogP contribution in [0.15, 0.2) is 49.2 Å². The number of fused-ring (bicyclic) bond motifs is 1. The highest BCUT2D eigenvalue weighted by molar-refractivity contribution is 7.92. The van der Waals surface area contributed by atoms with Gasteiger partial charge in [0.05, 0.1) is 21.7 Å². The zero-order valence-corrected chi connectivity index (χ0v) is 17.9. The van der Waals surface area contributed by atoms with Gasteiger partial charge in [0.25, 0.3) is 10.0 Å². The van der Waals surface area contributed by atoms with Crippen LogP contribution >= 0.6 is 22.7 Å². The van der Waals surface area contributed by atoms with Crippen LogP contribution in [0.1, 0.15) is 6.92 Å². The number of hydrogen-bond donors (Lipinski definition) is 0. The number of aromatic nitrogens is 1. The van der Waals surface area contributed by atoms with Crippen LogP contribution < -0.4 is 4.80 Å². The molecule has 0 fully saturated rings. The fourth-order valence-corrected chi connectivity index (χ4v) is 6.42. The Morgan fingerprint density at radius 3 is 2.59 bits per heavy atom. The Morgan fingerprint density at radius 1 is 1.19 bits per heavy atom. The van der Waals surface area contributed by atoms with Gasteiger partial charge in [0.15, 0.2) is 9.84 Å². The summed E-state index contributed by atoms with van der Waals surface area (Å²) in [6, 6.07) is 7.88. The molecular formula is C16H18N2O5S4. The fourth-order valence-electron chi connectivity index (χ4n) is 2.43. The molecular weight excluding hydrogens is 428 g/mol. The van der Waals surface area contributed by atoms with Gasteiger partial charge >= 0.3 is 0 Å². The molecule has 2 aromatic heterocycles. The standard InChI is InChI=1S/C16H18N2O5S4/c1-3-23-9-8-18-13-7-6-12(26(2,19)20)11-14(13)25-16(18)17-27(21,22)15-5-4-10-24-15/h4-7,10-11H,3,8-9H2,1-2H3/b17-16-. The third-order valence-corrected chi connectivity index (χ3v) is 8.60. The van der Waals surface area contributed by atoms with E-state index >= 15 is 0 Å². The Bertz CT molecular complexity index is 1220. The first-order valence-corrected chi connectivity index (χ1v) is 13.0. The highest BCUT2D eigenvalue weighted by Crippen LogP contribution is 2.23. The van der Waals surface area contributed by atoms with Crippen LogP contribution in [0, 0.1) is 0 Å². The first-order valence-electron chi connectivity index (χ1n) is 7.98. The summed E-state index contributed by atoms with van der Waals surface area (Å²) in [6.45, 7) is 3.22. The van der Waals surface area contributed by atoms with Crippen LogP contribution in [0.3, 0.4) is 0 Å². The summed E-state index contributed by atoms with van der Waals surface area (Å²) in [5.74, 6) is 0. The summed E-state index contributed by atoms with van der Waals surface area (Å²) in [4.78, 5) is 0.463. The Kier molecular flexibility index (Phi) is 5.87. The number of rotatable bonds is 7. The number of sulfonamides is 1. The van der Waals surface area contributed by atoms with Crippen LogP contribution in [-0.4, -0.2) is 40.9 Å². The smallest absolute Gasteiger partial charge is 0.294 e. The highest BCUT2D eigenvalue weighted by Gasteiger charge is 2.17. The molecule has 0 aliphatic heterocycles. The van der Waals surface area contributed by atoms with Crippen molar-refractivity contribution in [3.8, 4) is 0 Å². The van der Waals surface area contributed by atoms with Gasteiger partial charge < -0.3 is 9.30 Å². The van der Waals surface area contributed by atoms with E-state index in [0.29, 0.717) is 30.0 Å². The van der Waals surface area contributed by atoms with E-state index in [-0.39, 0.29) is 13.9 Å². The largest absolute Gasteiger partial charge is 0.380 e. The number of ether oxygens (including phenoxy) is 1. The molecule has 0 spiro atoms. The van der Waals surface area contributed by atoms with Crippen LogP contribution in [0.5, 0.6) is 0 Å². The van der Waals surface area contributed by atoms with Gasteiger partial charge in [-0.25, -0.2) is 8.42 Å². The van der Waals surface area contributed by atoms with Crippen molar-refractivity contribution in [2.24, 2.45) is 4.40 Å². The number of thiophene rings is 1. The van der Waals surface area contributed by atoms with Crippen LogP contribution in [0.4, 0.5) is 0 Å². The van der Waals surface area contributed by atoms with Gasteiger partial charge in [-0.05, 0) is 36.6 Å². The molecule has 7 nitrogen and oxygen atoms in total. The molecule has 0 aliphatic rings. The second kappa shape index (κ2) is 7.84. The monoisotopic (exact) mass is 446 g/mol. The van der Waals surface area contributed by atoms with E-state index in [9.17, 15) is 16.8 Å². The summed E-state index contributed by atoms with van der Waals surface area (Å²) in [7, 11) is -7.20. The van der Waals surface area contributed by atoms with Gasteiger partial charge in [0.1, 0.15) is 4.21 Å². The predicted molar refractivity (Wildman–Crippen MR) is 106 cm³/mol. The predicted octanol–water partition coefficient (Wildman–Crippen LogP) is 2.49. The third-order valence-electron chi connectivity index (χ3n) is 3.69. The number of hydrogen-bond acceptors (Lipinski definition) is 7. The van der Waals surface area contributed by atoms with E-state index in [1.165, 1.54) is 12.1 Å². The molecule has 0 N–H and O–H groups in total. The van der Waals surface area contributed by atoms with Crippen molar-refractivity contribution in [3.05, 3.63) is 40.5 Å². The first-order chi connectivity index (χ1) is 12.7. The van der Waals surface area contributed by atoms with Gasteiger partial charge in [0, 0.05) is 19.4 Å². The van der Waals surface area contributed by atoms with Gasteiger partial charge in [0.2, 0.25) is 4.80 Å². The first kappa shape index (κ1) is 20.2. The molecule has 0 atom stereocenters. The zero-order chi connectivity index (χ0) is 19.7. The van der Waals surface area contributed by atoms with E-state index < -0.39 is 19.9 Å². The van der Waals surface area contributed by atoms with Gasteiger partial charge in [-0.1, -0.05) is 17.4 Å². The van der Waals surface area contributed by atoms with Crippen molar-refractivity contribution in [2.75, 3.05) is 19.5 Å². The van der Waals surface area contributed by atoms with Crippen molar-refractivity contribution in [2.45, 2.75) is 22.6 Å². The number of thiazole rings is 1. The minimum absolute atomic E-state index is 0.160. The molecule has 2 heterocycles. The highest BCUT2D eigenvalue weighted by atomic mass is 32.2. The Hall–Kier alpha value is -1.53. The molecule has 11 heteroatoms. The molecule has 0 amide bonds. The maximum Gasteiger partial charge on any atom is 0.294 e. The van der Waals surface area contributed by atoms with Crippen molar-refractivity contribution >= 4 is 52.8 Å². The molecule has 27 heavy (non-hydrogen) atoms. The number of benzene rings is 1. The Morgan fingerprint density at radius 2 is 1.96 bits per heavy atom. The van der Waals surface area contributed by atoms with E-state index in [0.717, 1.165) is 28.9 Å². The van der Waals surface area contributed by atoms with Gasteiger partial charge in [-0.2, -0.15) is 8.42 Å². The van der Waals surface area contributed by atoms with E-state index in [2.05, 4.69) is 4.40 Å². The SMILES string of the molecule is CCOCCn1/c(=N/S(=O)(=O)c2cccs2)sc2cc(S(C)(=O)=O)ccc21. The lowest BCUT2D eigenvalue weighted by Gasteiger charge is -2.06. The lowest BCUT2D eigenvalue weighted by atomic mass is 10.3. The topological polar surface area (TPSA) is 94.8 Å². The Balaban J connectivity index is 2.20. The zero-order valence-electron chi connectivity index (χ0n) is 14.7. The molecule has 0 bridgehead atoms. The molecule has 146 valence electrons. The maximum atomic E-state index is 12.6. The molecule has 3 rings (SSSR count). The minimum Gasteiger partial charge on any atom is -0.380 e. The lowest BCUT2D eigenvalue weighted by molar-refractivity contribution is 0.139. The molecule has 0 aliphatic carbocycles. The van der Waals surface area contributed by atoms with Gasteiger partial charge in [-0.3, -0.25) is 0 Å². The average Bonchev–Trinajstić information content (AvgIpc) is 3.22. The van der Waals surface area contributed by atoms with Gasteiger partial charge in [-0.15, -0.1) is 15.7 Å². The molecule has 0 saturated heterocycles. The quantitative estimate of drug-likeness (QED) is 0.520. The molecule has 1 aromatic carbocycles. The number of sulfone groups is 1. The van der Waals surface area contributed by atoms with Crippen LogP contribution in [-0.2, 0) is 31.1 Å². The summed E-state index contributed by atoms with van der Waals surface area (Å²) in [5.41, 5.74) is 0.715. The van der Waals surface area contributed by atoms with Crippen molar-refractivity contribution in [1.29, 1.82) is 0 Å². The van der Waals surface area contributed by atoms with Crippen molar-refractivity contribution in [1.82, 2.24) is 4.57 Å². The van der Waals surface area contributed by atoms with Crippen molar-refractivity contribution in [3.63, 3.8) is 0 Å². The fraction of sp³-hybridized carbons (Fsp3) is 0.312. The van der Waals surface area contributed by atoms with E-state index in [1.54, 1.807) is 28.1 Å². The lowest BCUT2D eigenvalue weighted by Crippen LogP contribution is -2.19. The number of nitrogens with zero attached hydrogens (tertiary/aromatic N) is 2. The van der Waals surface area contributed by atoms with Crippen molar-refractivity contribution < 1.29 is 21.6 Å². The summed E-state index contributed by atoms with van der Waals surface area (Å²) < 4.78 is 60.7. The second-order valence-corrected chi connectivity index (χ2v) is 11.4. The molecule has 0 radical (unpaired) electrons. The summed E-state index contributed by atoms with van der Waals surface area (Å²) in [5, 5.41) is 1.68. The minimum atomic E-state index is -3.84. The van der Waals surface area contributed by atoms with Crippen LogP contribution in [0.25, 0.3) is 10.2 Å². The molecule has 0 saturated carbocycles. The van der Waals surface area contributed by atoms with E-state index in [1.807, 2.05) is 6.92 Å². The Labute approximate surface area is 165 Å². The summed E-state index contributed by atoms with van der Waals surface area (Å²) >= 11 is 2.24. The second-order valence-electron chi connectivity index (χ2n) is 5.63. The molecule has 0 unspecified atom stereocenters. The normalized spacial score (nSPS) is 13.5. The average molecular weight is 447 g/mol. The third kappa shape index (κ3) is 4.49. The maximum absolute atomic E-state index is 12.6.